The van der Waals surface area contributed by atoms with Gasteiger partial charge < -0.3 is 20.1 Å². The summed E-state index contributed by atoms with van der Waals surface area (Å²) in [6.07, 6.45) is 0. The van der Waals surface area contributed by atoms with E-state index in [9.17, 15) is 4.79 Å². The summed E-state index contributed by atoms with van der Waals surface area (Å²) >= 11 is 0. The van der Waals surface area contributed by atoms with E-state index in [-0.39, 0.29) is 18.3 Å². The lowest BCUT2D eigenvalue weighted by Gasteiger charge is -2.20. The van der Waals surface area contributed by atoms with Crippen LogP contribution in [0.1, 0.15) is 21.5 Å². The van der Waals surface area contributed by atoms with Crippen LogP contribution in [0, 0.1) is 6.92 Å². The number of amides is 1. The molecule has 0 radical (unpaired) electrons. The van der Waals surface area contributed by atoms with Crippen molar-refractivity contribution >= 4 is 24.0 Å². The van der Waals surface area contributed by atoms with Crippen molar-refractivity contribution < 1.29 is 14.3 Å². The van der Waals surface area contributed by atoms with Crippen LogP contribution in [0.4, 0.5) is 5.69 Å². The zero-order chi connectivity index (χ0) is 17.0. The molecule has 0 unspecified atom stereocenters. The smallest absolute Gasteiger partial charge is 0.253 e. The number of rotatable bonds is 5. The van der Waals surface area contributed by atoms with E-state index in [1.807, 2.05) is 19.1 Å². The standard InChI is InChI=1S/C18H22N2O3.ClH/c1-12-8-16(22-3)17(23-4)10-14(12)11-20(2)18(21)13-6-5-7-15(19)9-13;/h5-10H,11,19H2,1-4H3;1H. The molecule has 0 heterocycles. The Kier molecular flexibility index (Phi) is 6.92. The molecule has 0 aliphatic rings. The average molecular weight is 351 g/mol. The average Bonchev–Trinajstić information content (AvgIpc) is 2.55. The van der Waals surface area contributed by atoms with Gasteiger partial charge in [0.2, 0.25) is 0 Å². The van der Waals surface area contributed by atoms with Gasteiger partial charge in [0.15, 0.2) is 11.5 Å². The maximum absolute atomic E-state index is 12.5. The molecular formula is C18H23ClN2O3. The summed E-state index contributed by atoms with van der Waals surface area (Å²) in [4.78, 5) is 14.2. The first-order valence-corrected chi connectivity index (χ1v) is 7.28. The molecule has 24 heavy (non-hydrogen) atoms. The minimum Gasteiger partial charge on any atom is -0.493 e. The zero-order valence-corrected chi connectivity index (χ0v) is 15.1. The molecule has 2 rings (SSSR count). The molecule has 2 aromatic carbocycles. The van der Waals surface area contributed by atoms with Gasteiger partial charge in [0, 0.05) is 24.8 Å². The molecule has 130 valence electrons. The Morgan fingerprint density at radius 2 is 1.75 bits per heavy atom. The number of hydrogen-bond acceptors (Lipinski definition) is 4. The van der Waals surface area contributed by atoms with Gasteiger partial charge in [-0.1, -0.05) is 6.07 Å². The van der Waals surface area contributed by atoms with Crippen molar-refractivity contribution in [2.45, 2.75) is 13.5 Å². The number of carbonyl (C=O) groups is 1. The van der Waals surface area contributed by atoms with Crippen molar-refractivity contribution in [2.75, 3.05) is 27.0 Å². The van der Waals surface area contributed by atoms with Crippen LogP contribution in [0.5, 0.6) is 11.5 Å². The fourth-order valence-electron chi connectivity index (χ4n) is 2.41. The molecule has 0 spiro atoms. The van der Waals surface area contributed by atoms with Gasteiger partial charge in [-0.05, 0) is 48.4 Å². The largest absolute Gasteiger partial charge is 0.493 e. The van der Waals surface area contributed by atoms with Gasteiger partial charge in [-0.25, -0.2) is 0 Å². The van der Waals surface area contributed by atoms with E-state index in [0.29, 0.717) is 29.3 Å². The van der Waals surface area contributed by atoms with Crippen LogP contribution in [-0.4, -0.2) is 32.1 Å². The predicted molar refractivity (Wildman–Crippen MR) is 98.2 cm³/mol. The van der Waals surface area contributed by atoms with Crippen LogP contribution >= 0.6 is 12.4 Å². The molecule has 0 aliphatic heterocycles. The number of nitrogens with zero attached hydrogens (tertiary/aromatic N) is 1. The van der Waals surface area contributed by atoms with E-state index in [4.69, 9.17) is 15.2 Å². The number of anilines is 1. The first-order valence-electron chi connectivity index (χ1n) is 7.28. The number of nitrogens with two attached hydrogens (primary N) is 1. The minimum absolute atomic E-state index is 0. The Morgan fingerprint density at radius 3 is 2.33 bits per heavy atom. The highest BCUT2D eigenvalue weighted by atomic mass is 35.5. The Hall–Kier alpha value is -2.40. The van der Waals surface area contributed by atoms with Gasteiger partial charge in [-0.2, -0.15) is 0 Å². The molecular weight excluding hydrogens is 328 g/mol. The Labute approximate surface area is 148 Å². The van der Waals surface area contributed by atoms with E-state index < -0.39 is 0 Å². The number of hydrogen-bond donors (Lipinski definition) is 1. The van der Waals surface area contributed by atoms with E-state index in [2.05, 4.69) is 0 Å². The molecule has 1 amide bonds. The second-order valence-corrected chi connectivity index (χ2v) is 5.42. The van der Waals surface area contributed by atoms with Crippen LogP contribution in [0.2, 0.25) is 0 Å². The van der Waals surface area contributed by atoms with Gasteiger partial charge in [0.05, 0.1) is 14.2 Å². The first kappa shape index (κ1) is 19.6. The van der Waals surface area contributed by atoms with Gasteiger partial charge >= 0.3 is 0 Å². The molecule has 0 atom stereocenters. The van der Waals surface area contributed by atoms with Gasteiger partial charge in [-0.3, -0.25) is 4.79 Å². The third-order valence-corrected chi connectivity index (χ3v) is 3.73. The molecule has 0 aromatic heterocycles. The second-order valence-electron chi connectivity index (χ2n) is 5.42. The molecule has 5 nitrogen and oxygen atoms in total. The van der Waals surface area contributed by atoms with Crippen molar-refractivity contribution in [2.24, 2.45) is 0 Å². The molecule has 6 heteroatoms. The second kappa shape index (κ2) is 8.45. The molecule has 2 aromatic rings. The van der Waals surface area contributed by atoms with Crippen LogP contribution in [0.25, 0.3) is 0 Å². The van der Waals surface area contributed by atoms with Gasteiger partial charge in [0.1, 0.15) is 0 Å². The van der Waals surface area contributed by atoms with Crippen molar-refractivity contribution in [3.63, 3.8) is 0 Å². The Balaban J connectivity index is 0.00000288. The fraction of sp³-hybridized carbons (Fsp3) is 0.278. The van der Waals surface area contributed by atoms with Crippen LogP contribution < -0.4 is 15.2 Å². The molecule has 0 fully saturated rings. The van der Waals surface area contributed by atoms with Crippen molar-refractivity contribution in [3.05, 3.63) is 53.1 Å². The third-order valence-electron chi connectivity index (χ3n) is 3.73. The van der Waals surface area contributed by atoms with Crippen LogP contribution in [0.15, 0.2) is 36.4 Å². The molecule has 2 N–H and O–H groups in total. The van der Waals surface area contributed by atoms with Crippen LogP contribution in [-0.2, 0) is 6.54 Å². The van der Waals surface area contributed by atoms with Gasteiger partial charge in [-0.15, -0.1) is 12.4 Å². The summed E-state index contributed by atoms with van der Waals surface area (Å²) in [5.41, 5.74) is 8.93. The maximum Gasteiger partial charge on any atom is 0.253 e. The molecule has 0 aliphatic carbocycles. The van der Waals surface area contributed by atoms with E-state index >= 15 is 0 Å². The van der Waals surface area contributed by atoms with Crippen LogP contribution in [0.3, 0.4) is 0 Å². The predicted octanol–water partition coefficient (Wildman–Crippen LogP) is 3.29. The fourth-order valence-corrected chi connectivity index (χ4v) is 2.41. The van der Waals surface area contributed by atoms with Crippen molar-refractivity contribution in [1.82, 2.24) is 4.90 Å². The van der Waals surface area contributed by atoms with Crippen molar-refractivity contribution in [3.8, 4) is 11.5 Å². The summed E-state index contributed by atoms with van der Waals surface area (Å²) in [5, 5.41) is 0. The van der Waals surface area contributed by atoms with Gasteiger partial charge in [0.25, 0.3) is 5.91 Å². The minimum atomic E-state index is -0.0773. The highest BCUT2D eigenvalue weighted by molar-refractivity contribution is 5.94. The topological polar surface area (TPSA) is 64.8 Å². The summed E-state index contributed by atoms with van der Waals surface area (Å²) in [5.74, 6) is 1.25. The first-order chi connectivity index (χ1) is 11.0. The lowest BCUT2D eigenvalue weighted by atomic mass is 10.1. The number of nitrogen functional groups attached to an aromatic ring is 1. The lowest BCUT2D eigenvalue weighted by Crippen LogP contribution is -2.26. The number of halogens is 1. The summed E-state index contributed by atoms with van der Waals surface area (Å²) in [7, 11) is 4.96. The summed E-state index contributed by atoms with van der Waals surface area (Å²) in [6.45, 7) is 2.45. The quantitative estimate of drug-likeness (QED) is 0.840. The number of ether oxygens (including phenoxy) is 2. The third kappa shape index (κ3) is 4.32. The summed E-state index contributed by atoms with van der Waals surface area (Å²) < 4.78 is 10.6. The Bertz CT molecular complexity index is 719. The molecule has 0 saturated carbocycles. The number of methoxy groups -OCH3 is 2. The van der Waals surface area contributed by atoms with E-state index in [1.54, 1.807) is 50.4 Å². The lowest BCUT2D eigenvalue weighted by molar-refractivity contribution is 0.0785. The summed E-state index contributed by atoms with van der Waals surface area (Å²) in [6, 6.07) is 10.8. The monoisotopic (exact) mass is 350 g/mol. The van der Waals surface area contributed by atoms with E-state index in [0.717, 1.165) is 11.1 Å². The maximum atomic E-state index is 12.5. The number of carbonyl (C=O) groups excluding carboxylic acids is 1. The normalized spacial score (nSPS) is 9.83. The SMILES string of the molecule is COc1cc(C)c(CN(C)C(=O)c2cccc(N)c2)cc1OC.Cl. The van der Waals surface area contributed by atoms with E-state index in [1.165, 1.54) is 0 Å². The molecule has 0 saturated heterocycles. The van der Waals surface area contributed by atoms with Crippen molar-refractivity contribution in [1.29, 1.82) is 0 Å². The highest BCUT2D eigenvalue weighted by Crippen LogP contribution is 2.30. The molecule has 0 bridgehead atoms. The number of benzene rings is 2. The highest BCUT2D eigenvalue weighted by Gasteiger charge is 2.15. The number of aryl methyl sites for hydroxylation is 1. The zero-order valence-electron chi connectivity index (χ0n) is 14.3. The Morgan fingerprint density at radius 1 is 1.12 bits per heavy atom.